The molecule has 2 saturated heterocycles. The SMILES string of the molecule is CC(=O)N1CCOC(c2cccc(NS(=O)(=O)NCCN3CCOCC3)c2)C1. The molecule has 0 bridgehead atoms. The predicted molar refractivity (Wildman–Crippen MR) is 105 cm³/mol. The average molecular weight is 413 g/mol. The van der Waals surface area contributed by atoms with Crippen molar-refractivity contribution >= 4 is 21.8 Å². The lowest BCUT2D eigenvalue weighted by Crippen LogP contribution is -2.42. The monoisotopic (exact) mass is 412 g/mol. The molecule has 2 heterocycles. The van der Waals surface area contributed by atoms with Crippen molar-refractivity contribution in [1.29, 1.82) is 0 Å². The lowest BCUT2D eigenvalue weighted by molar-refractivity contribution is -0.136. The summed E-state index contributed by atoms with van der Waals surface area (Å²) >= 11 is 0. The molecule has 3 rings (SSSR count). The minimum absolute atomic E-state index is 0.00891. The first-order valence-electron chi connectivity index (χ1n) is 9.47. The summed E-state index contributed by atoms with van der Waals surface area (Å²) in [5, 5.41) is 0. The standard InChI is InChI=1S/C18H28N4O5S/c1-15(23)22-9-12-27-18(14-22)16-3-2-4-17(13-16)20-28(24,25)19-5-6-21-7-10-26-11-8-21/h2-4,13,18-20H,5-12,14H2,1H3. The number of nitrogens with one attached hydrogen (secondary N) is 2. The van der Waals surface area contributed by atoms with Gasteiger partial charge in [-0.15, -0.1) is 0 Å². The summed E-state index contributed by atoms with van der Waals surface area (Å²) in [6.07, 6.45) is -0.267. The van der Waals surface area contributed by atoms with Crippen LogP contribution in [0.3, 0.4) is 0 Å². The summed E-state index contributed by atoms with van der Waals surface area (Å²) in [7, 11) is -3.67. The van der Waals surface area contributed by atoms with Crippen molar-refractivity contribution in [3.8, 4) is 0 Å². The van der Waals surface area contributed by atoms with Gasteiger partial charge in [-0.1, -0.05) is 12.1 Å². The predicted octanol–water partition coefficient (Wildman–Crippen LogP) is 0.185. The summed E-state index contributed by atoms with van der Waals surface area (Å²) in [5.41, 5.74) is 1.29. The summed E-state index contributed by atoms with van der Waals surface area (Å²) in [4.78, 5) is 15.5. The van der Waals surface area contributed by atoms with Gasteiger partial charge < -0.3 is 14.4 Å². The highest BCUT2D eigenvalue weighted by Crippen LogP contribution is 2.25. The van der Waals surface area contributed by atoms with E-state index in [-0.39, 0.29) is 12.0 Å². The van der Waals surface area contributed by atoms with Crippen LogP contribution in [0, 0.1) is 0 Å². The number of carbonyl (C=O) groups is 1. The van der Waals surface area contributed by atoms with Crippen LogP contribution in [0.15, 0.2) is 24.3 Å². The Hall–Kier alpha value is -1.72. The van der Waals surface area contributed by atoms with E-state index in [4.69, 9.17) is 9.47 Å². The summed E-state index contributed by atoms with van der Waals surface area (Å²) in [6.45, 7) is 7.00. The van der Waals surface area contributed by atoms with Crippen molar-refractivity contribution in [2.24, 2.45) is 0 Å². The number of amides is 1. The molecule has 2 aliphatic rings. The third-order valence-electron chi connectivity index (χ3n) is 4.85. The van der Waals surface area contributed by atoms with Crippen LogP contribution in [0.25, 0.3) is 0 Å². The zero-order chi connectivity index (χ0) is 20.0. The molecule has 2 fully saturated rings. The molecule has 28 heavy (non-hydrogen) atoms. The molecule has 0 spiro atoms. The first kappa shape index (κ1) is 21.0. The van der Waals surface area contributed by atoms with Crippen LogP contribution >= 0.6 is 0 Å². The van der Waals surface area contributed by atoms with Crippen molar-refractivity contribution in [2.45, 2.75) is 13.0 Å². The Morgan fingerprint density at radius 1 is 1.21 bits per heavy atom. The lowest BCUT2D eigenvalue weighted by atomic mass is 10.1. The van der Waals surface area contributed by atoms with E-state index in [2.05, 4.69) is 14.3 Å². The topological polar surface area (TPSA) is 100 Å². The highest BCUT2D eigenvalue weighted by atomic mass is 32.2. The molecule has 1 unspecified atom stereocenters. The molecule has 9 nitrogen and oxygen atoms in total. The molecular formula is C18H28N4O5S. The van der Waals surface area contributed by atoms with Gasteiger partial charge in [-0.2, -0.15) is 13.1 Å². The number of anilines is 1. The molecule has 156 valence electrons. The largest absolute Gasteiger partial charge is 0.379 e. The molecule has 1 amide bonds. The molecule has 0 aromatic heterocycles. The summed E-state index contributed by atoms with van der Waals surface area (Å²) in [6, 6.07) is 7.08. The molecule has 1 atom stereocenters. The van der Waals surface area contributed by atoms with Gasteiger partial charge in [0.1, 0.15) is 6.10 Å². The minimum Gasteiger partial charge on any atom is -0.379 e. The Morgan fingerprint density at radius 2 is 2.00 bits per heavy atom. The maximum Gasteiger partial charge on any atom is 0.299 e. The van der Waals surface area contributed by atoms with Gasteiger partial charge in [-0.3, -0.25) is 14.4 Å². The van der Waals surface area contributed by atoms with Crippen LogP contribution < -0.4 is 9.44 Å². The Balaban J connectivity index is 1.54. The van der Waals surface area contributed by atoms with Crippen LogP contribution in [0.2, 0.25) is 0 Å². The maximum atomic E-state index is 12.3. The van der Waals surface area contributed by atoms with E-state index >= 15 is 0 Å². The van der Waals surface area contributed by atoms with Crippen molar-refractivity contribution in [3.63, 3.8) is 0 Å². The fourth-order valence-electron chi connectivity index (χ4n) is 3.29. The molecule has 1 aromatic carbocycles. The highest BCUT2D eigenvalue weighted by molar-refractivity contribution is 7.90. The third kappa shape index (κ3) is 6.14. The van der Waals surface area contributed by atoms with Crippen LogP contribution in [-0.4, -0.2) is 83.2 Å². The number of rotatable bonds is 7. The van der Waals surface area contributed by atoms with Crippen molar-refractivity contribution < 1.29 is 22.7 Å². The van der Waals surface area contributed by atoms with E-state index in [1.807, 2.05) is 6.07 Å². The van der Waals surface area contributed by atoms with Crippen molar-refractivity contribution in [1.82, 2.24) is 14.5 Å². The van der Waals surface area contributed by atoms with Crippen LogP contribution in [-0.2, 0) is 24.5 Å². The number of benzene rings is 1. The third-order valence-corrected chi connectivity index (χ3v) is 5.93. The number of ether oxygens (including phenoxy) is 2. The number of nitrogens with zero attached hydrogens (tertiary/aromatic N) is 2. The Bertz CT molecular complexity index is 767. The average Bonchev–Trinajstić information content (AvgIpc) is 2.68. The lowest BCUT2D eigenvalue weighted by Gasteiger charge is -2.32. The molecule has 2 aliphatic heterocycles. The molecule has 1 aromatic rings. The summed E-state index contributed by atoms with van der Waals surface area (Å²) in [5.74, 6) is 0.00891. The van der Waals surface area contributed by atoms with E-state index in [9.17, 15) is 13.2 Å². The number of morpholine rings is 2. The fourth-order valence-corrected chi connectivity index (χ4v) is 4.16. The smallest absolute Gasteiger partial charge is 0.299 e. The molecule has 10 heteroatoms. The first-order chi connectivity index (χ1) is 13.4. The fraction of sp³-hybridized carbons (Fsp3) is 0.611. The van der Waals surface area contributed by atoms with E-state index in [1.165, 1.54) is 6.92 Å². The van der Waals surface area contributed by atoms with Crippen LogP contribution in [0.5, 0.6) is 0 Å². The second kappa shape index (κ2) is 9.66. The van der Waals surface area contributed by atoms with Crippen molar-refractivity contribution in [2.75, 3.05) is 63.8 Å². The molecule has 0 radical (unpaired) electrons. The first-order valence-corrected chi connectivity index (χ1v) is 11.0. The van der Waals surface area contributed by atoms with Crippen LogP contribution in [0.4, 0.5) is 5.69 Å². The van der Waals surface area contributed by atoms with Gasteiger partial charge in [0.25, 0.3) is 10.2 Å². The number of hydrogen-bond donors (Lipinski definition) is 2. The molecule has 0 aliphatic carbocycles. The van der Waals surface area contributed by atoms with E-state index in [0.29, 0.717) is 51.7 Å². The van der Waals surface area contributed by atoms with Crippen LogP contribution in [0.1, 0.15) is 18.6 Å². The van der Waals surface area contributed by atoms with Gasteiger partial charge in [-0.25, -0.2) is 0 Å². The van der Waals surface area contributed by atoms with Gasteiger partial charge >= 0.3 is 0 Å². The maximum absolute atomic E-state index is 12.3. The zero-order valence-electron chi connectivity index (χ0n) is 16.1. The molecule has 2 N–H and O–H groups in total. The molecule has 0 saturated carbocycles. The van der Waals surface area contributed by atoms with E-state index in [0.717, 1.165) is 18.7 Å². The number of hydrogen-bond acceptors (Lipinski definition) is 6. The van der Waals surface area contributed by atoms with Gasteiger partial charge in [0.05, 0.1) is 32.1 Å². The van der Waals surface area contributed by atoms with E-state index in [1.54, 1.807) is 23.1 Å². The Kier molecular flexibility index (Phi) is 7.24. The van der Waals surface area contributed by atoms with E-state index < -0.39 is 10.2 Å². The summed E-state index contributed by atoms with van der Waals surface area (Å²) < 4.78 is 40.8. The number of carbonyl (C=O) groups excluding carboxylic acids is 1. The Labute approximate surface area is 166 Å². The molecular weight excluding hydrogens is 384 g/mol. The second-order valence-corrected chi connectivity index (χ2v) is 8.40. The van der Waals surface area contributed by atoms with Gasteiger partial charge in [0.2, 0.25) is 5.91 Å². The zero-order valence-corrected chi connectivity index (χ0v) is 16.9. The minimum atomic E-state index is -3.67. The quantitative estimate of drug-likeness (QED) is 0.663. The normalized spacial score (nSPS) is 21.5. The second-order valence-electron chi connectivity index (χ2n) is 6.90. The highest BCUT2D eigenvalue weighted by Gasteiger charge is 2.24. The van der Waals surface area contributed by atoms with Gasteiger partial charge in [0.15, 0.2) is 0 Å². The van der Waals surface area contributed by atoms with Gasteiger partial charge in [0, 0.05) is 39.6 Å². The Morgan fingerprint density at radius 3 is 2.75 bits per heavy atom. The van der Waals surface area contributed by atoms with Crippen molar-refractivity contribution in [3.05, 3.63) is 29.8 Å². The van der Waals surface area contributed by atoms with Gasteiger partial charge in [-0.05, 0) is 17.7 Å².